The van der Waals surface area contributed by atoms with Crippen LogP contribution in [0.4, 0.5) is 5.69 Å². The minimum absolute atomic E-state index is 0.181. The fourth-order valence-corrected chi connectivity index (χ4v) is 3.33. The van der Waals surface area contributed by atoms with Gasteiger partial charge in [0.2, 0.25) is 0 Å². The summed E-state index contributed by atoms with van der Waals surface area (Å²) in [6.07, 6.45) is 0. The molecular weight excluding hydrogens is 366 g/mol. The van der Waals surface area contributed by atoms with Crippen molar-refractivity contribution in [3.05, 3.63) is 59.7 Å². The lowest BCUT2D eigenvalue weighted by molar-refractivity contribution is 0.0940. The molecule has 8 heteroatoms. The Bertz CT molecular complexity index is 878. The van der Waals surface area contributed by atoms with Crippen molar-refractivity contribution in [2.24, 2.45) is 0 Å². The SMILES string of the molecule is COc1ccc([C@@H](C)NC(=O)c2ccc(N(C)S(=O)(=O)N(C)C)cc2)cc1. The van der Waals surface area contributed by atoms with E-state index in [1.165, 1.54) is 21.1 Å². The summed E-state index contributed by atoms with van der Waals surface area (Å²) in [5, 5.41) is 2.93. The summed E-state index contributed by atoms with van der Waals surface area (Å²) in [5.41, 5.74) is 1.88. The van der Waals surface area contributed by atoms with E-state index in [2.05, 4.69) is 5.32 Å². The number of hydrogen-bond acceptors (Lipinski definition) is 4. The molecule has 2 rings (SSSR count). The fraction of sp³-hybridized carbons (Fsp3) is 0.316. The Morgan fingerprint density at radius 2 is 1.56 bits per heavy atom. The molecule has 7 nitrogen and oxygen atoms in total. The number of nitrogens with zero attached hydrogens (tertiary/aromatic N) is 2. The number of benzene rings is 2. The second kappa shape index (κ2) is 8.41. The van der Waals surface area contributed by atoms with Crippen molar-refractivity contribution in [2.45, 2.75) is 13.0 Å². The quantitative estimate of drug-likeness (QED) is 0.786. The highest BCUT2D eigenvalue weighted by atomic mass is 32.2. The number of carbonyl (C=O) groups is 1. The Morgan fingerprint density at radius 1 is 1.00 bits per heavy atom. The van der Waals surface area contributed by atoms with Crippen LogP contribution in [0.5, 0.6) is 5.75 Å². The second-order valence-electron chi connectivity index (χ2n) is 6.27. The number of amides is 1. The molecule has 0 saturated carbocycles. The van der Waals surface area contributed by atoms with E-state index in [1.807, 2.05) is 31.2 Å². The first-order valence-corrected chi connectivity index (χ1v) is 9.77. The van der Waals surface area contributed by atoms with Gasteiger partial charge in [-0.25, -0.2) is 0 Å². The van der Waals surface area contributed by atoms with E-state index in [0.717, 1.165) is 19.9 Å². The van der Waals surface area contributed by atoms with Gasteiger partial charge in [0, 0.05) is 26.7 Å². The molecule has 1 atom stereocenters. The first-order chi connectivity index (χ1) is 12.7. The zero-order valence-electron chi connectivity index (χ0n) is 16.1. The highest BCUT2D eigenvalue weighted by Gasteiger charge is 2.21. The predicted molar refractivity (Wildman–Crippen MR) is 106 cm³/mol. The van der Waals surface area contributed by atoms with Crippen LogP contribution in [-0.2, 0) is 10.2 Å². The number of ether oxygens (including phenoxy) is 1. The first kappa shape index (κ1) is 20.7. The number of rotatable bonds is 7. The Morgan fingerprint density at radius 3 is 2.04 bits per heavy atom. The summed E-state index contributed by atoms with van der Waals surface area (Å²) in [5.74, 6) is 0.521. The maximum Gasteiger partial charge on any atom is 0.303 e. The fourth-order valence-electron chi connectivity index (χ4n) is 2.46. The van der Waals surface area contributed by atoms with E-state index in [-0.39, 0.29) is 11.9 Å². The zero-order chi connectivity index (χ0) is 20.2. The van der Waals surface area contributed by atoms with Gasteiger partial charge in [0.15, 0.2) is 0 Å². The minimum atomic E-state index is -3.57. The second-order valence-corrected chi connectivity index (χ2v) is 8.45. The van der Waals surface area contributed by atoms with Gasteiger partial charge in [-0.3, -0.25) is 9.10 Å². The number of hydrogen-bond donors (Lipinski definition) is 1. The van der Waals surface area contributed by atoms with Crippen LogP contribution in [0.15, 0.2) is 48.5 Å². The zero-order valence-corrected chi connectivity index (χ0v) is 16.9. The number of nitrogens with one attached hydrogen (secondary N) is 1. The highest BCUT2D eigenvalue weighted by molar-refractivity contribution is 7.90. The molecule has 0 aromatic heterocycles. The molecule has 1 N–H and O–H groups in total. The molecule has 0 bridgehead atoms. The number of anilines is 1. The molecular formula is C19H25N3O4S. The summed E-state index contributed by atoms with van der Waals surface area (Å²) in [4.78, 5) is 12.5. The van der Waals surface area contributed by atoms with Crippen molar-refractivity contribution >= 4 is 21.8 Å². The molecule has 0 fully saturated rings. The molecule has 2 aromatic rings. The van der Waals surface area contributed by atoms with Gasteiger partial charge < -0.3 is 10.1 Å². The van der Waals surface area contributed by atoms with Crippen molar-refractivity contribution in [3.63, 3.8) is 0 Å². The lowest BCUT2D eigenvalue weighted by Gasteiger charge is -2.23. The van der Waals surface area contributed by atoms with Gasteiger partial charge in [-0.2, -0.15) is 12.7 Å². The van der Waals surface area contributed by atoms with Crippen LogP contribution in [0.1, 0.15) is 28.9 Å². The van der Waals surface area contributed by atoms with Crippen LogP contribution in [0.3, 0.4) is 0 Å². The van der Waals surface area contributed by atoms with E-state index in [4.69, 9.17) is 4.74 Å². The maximum atomic E-state index is 12.5. The monoisotopic (exact) mass is 391 g/mol. The Labute approximate surface area is 160 Å². The highest BCUT2D eigenvalue weighted by Crippen LogP contribution is 2.20. The normalized spacial score (nSPS) is 12.5. The average Bonchev–Trinajstić information content (AvgIpc) is 2.67. The van der Waals surface area contributed by atoms with Crippen LogP contribution in [0.25, 0.3) is 0 Å². The summed E-state index contributed by atoms with van der Waals surface area (Å²) in [6.45, 7) is 1.89. The van der Waals surface area contributed by atoms with Crippen molar-refractivity contribution < 1.29 is 17.9 Å². The molecule has 0 heterocycles. The van der Waals surface area contributed by atoms with Crippen LogP contribution >= 0.6 is 0 Å². The van der Waals surface area contributed by atoms with Gasteiger partial charge in [-0.1, -0.05) is 12.1 Å². The Hall–Kier alpha value is -2.58. The predicted octanol–water partition coefficient (Wildman–Crippen LogP) is 2.43. The third kappa shape index (κ3) is 4.78. The van der Waals surface area contributed by atoms with Gasteiger partial charge in [-0.05, 0) is 48.9 Å². The molecule has 0 unspecified atom stereocenters. The van der Waals surface area contributed by atoms with Gasteiger partial charge in [0.1, 0.15) is 5.75 Å². The number of methoxy groups -OCH3 is 1. The minimum Gasteiger partial charge on any atom is -0.497 e. The van der Waals surface area contributed by atoms with Crippen LogP contribution in [0.2, 0.25) is 0 Å². The van der Waals surface area contributed by atoms with Crippen LogP contribution in [-0.4, -0.2) is 46.9 Å². The van der Waals surface area contributed by atoms with Crippen molar-refractivity contribution in [1.82, 2.24) is 9.62 Å². The average molecular weight is 391 g/mol. The Balaban J connectivity index is 2.08. The molecule has 2 aromatic carbocycles. The van der Waals surface area contributed by atoms with Gasteiger partial charge in [-0.15, -0.1) is 0 Å². The van der Waals surface area contributed by atoms with Gasteiger partial charge in [0.25, 0.3) is 5.91 Å². The summed E-state index contributed by atoms with van der Waals surface area (Å²) in [7, 11) is 2.44. The first-order valence-electron chi connectivity index (χ1n) is 8.38. The van der Waals surface area contributed by atoms with Crippen molar-refractivity contribution in [1.29, 1.82) is 0 Å². The molecule has 27 heavy (non-hydrogen) atoms. The van der Waals surface area contributed by atoms with Gasteiger partial charge in [0.05, 0.1) is 18.8 Å². The molecule has 0 aliphatic rings. The molecule has 0 spiro atoms. The van der Waals surface area contributed by atoms with Crippen LogP contribution < -0.4 is 14.4 Å². The third-order valence-corrected chi connectivity index (χ3v) is 6.09. The summed E-state index contributed by atoms with van der Waals surface area (Å²) >= 11 is 0. The smallest absolute Gasteiger partial charge is 0.303 e. The lowest BCUT2D eigenvalue weighted by Crippen LogP contribution is -2.37. The van der Waals surface area contributed by atoms with E-state index in [9.17, 15) is 13.2 Å². The molecule has 0 aliphatic carbocycles. The summed E-state index contributed by atoms with van der Waals surface area (Å²) < 4.78 is 31.7. The van der Waals surface area contributed by atoms with E-state index in [0.29, 0.717) is 11.3 Å². The molecule has 0 radical (unpaired) electrons. The van der Waals surface area contributed by atoms with E-state index >= 15 is 0 Å². The maximum absolute atomic E-state index is 12.5. The standard InChI is InChI=1S/C19H25N3O4S/c1-14(15-8-12-18(26-5)13-9-15)20-19(23)16-6-10-17(11-7-16)22(4)27(24,25)21(2)3/h6-14H,1-5H3,(H,20,23)/t14-/m1/s1. The largest absolute Gasteiger partial charge is 0.497 e. The third-order valence-electron chi connectivity index (χ3n) is 4.26. The molecule has 146 valence electrons. The molecule has 0 saturated heterocycles. The lowest BCUT2D eigenvalue weighted by atomic mass is 10.1. The van der Waals surface area contributed by atoms with E-state index in [1.54, 1.807) is 31.4 Å². The van der Waals surface area contributed by atoms with Crippen molar-refractivity contribution in [2.75, 3.05) is 32.6 Å². The molecule has 1 amide bonds. The number of carbonyl (C=O) groups excluding carboxylic acids is 1. The van der Waals surface area contributed by atoms with Crippen LogP contribution in [0, 0.1) is 0 Å². The van der Waals surface area contributed by atoms with E-state index < -0.39 is 10.2 Å². The topological polar surface area (TPSA) is 79.0 Å². The summed E-state index contributed by atoms with van der Waals surface area (Å²) in [6, 6.07) is 13.7. The molecule has 0 aliphatic heterocycles. The Kier molecular flexibility index (Phi) is 6.45. The van der Waals surface area contributed by atoms with Crippen molar-refractivity contribution in [3.8, 4) is 5.75 Å². The van der Waals surface area contributed by atoms with Gasteiger partial charge >= 0.3 is 10.2 Å².